The van der Waals surface area contributed by atoms with Gasteiger partial charge < -0.3 is 10.3 Å². The van der Waals surface area contributed by atoms with E-state index in [0.717, 1.165) is 41.2 Å². The molecule has 0 amide bonds. The van der Waals surface area contributed by atoms with E-state index in [2.05, 4.69) is 48.2 Å². The van der Waals surface area contributed by atoms with Crippen LogP contribution >= 0.6 is 0 Å². The van der Waals surface area contributed by atoms with Gasteiger partial charge in [0.15, 0.2) is 0 Å². The lowest BCUT2D eigenvalue weighted by atomic mass is 9.95. The van der Waals surface area contributed by atoms with Crippen molar-refractivity contribution < 1.29 is 0 Å². The standard InChI is InChI=1S/C20H25N3O/c1-13-4-7-22-18(10-13)5-6-21-12-17-11-16-9-14(2)8-15(3)19(16)23-20(17)24/h4,7,9-11,14,21H,5-6,8,12H2,1-3H3,(H,23,24). The summed E-state index contributed by atoms with van der Waals surface area (Å²) in [6, 6.07) is 6.13. The minimum atomic E-state index is 0.0113. The number of H-pyrrole nitrogens is 1. The minimum Gasteiger partial charge on any atom is -0.322 e. The van der Waals surface area contributed by atoms with Crippen LogP contribution in [0.1, 0.15) is 37.1 Å². The third kappa shape index (κ3) is 3.82. The summed E-state index contributed by atoms with van der Waals surface area (Å²) >= 11 is 0. The molecule has 0 saturated heterocycles. The first-order valence-corrected chi connectivity index (χ1v) is 8.59. The third-order valence-corrected chi connectivity index (χ3v) is 4.51. The summed E-state index contributed by atoms with van der Waals surface area (Å²) in [5.74, 6) is 0.525. The molecule has 1 unspecified atom stereocenters. The molecule has 3 rings (SSSR count). The highest BCUT2D eigenvalue weighted by molar-refractivity contribution is 5.48. The van der Waals surface area contributed by atoms with E-state index in [9.17, 15) is 4.79 Å². The van der Waals surface area contributed by atoms with Crippen molar-refractivity contribution in [3.8, 4) is 0 Å². The Morgan fingerprint density at radius 2 is 2.17 bits per heavy atom. The Bertz CT molecular complexity index is 911. The second-order valence-electron chi connectivity index (χ2n) is 6.83. The highest BCUT2D eigenvalue weighted by Crippen LogP contribution is 2.13. The molecule has 24 heavy (non-hydrogen) atoms. The SMILES string of the molecule is CC1=c2[nH]c(=O)c(CNCCc3cc(C)ccn3)cc2=CC(C)C1. The second-order valence-corrected chi connectivity index (χ2v) is 6.83. The van der Waals surface area contributed by atoms with Crippen molar-refractivity contribution in [1.29, 1.82) is 0 Å². The maximum Gasteiger partial charge on any atom is 0.252 e. The zero-order valence-electron chi connectivity index (χ0n) is 14.6. The van der Waals surface area contributed by atoms with Crippen molar-refractivity contribution in [1.82, 2.24) is 15.3 Å². The quantitative estimate of drug-likeness (QED) is 0.818. The Balaban J connectivity index is 1.68. The zero-order chi connectivity index (χ0) is 17.1. The summed E-state index contributed by atoms with van der Waals surface area (Å²) in [4.78, 5) is 19.7. The van der Waals surface area contributed by atoms with Gasteiger partial charge in [-0.1, -0.05) is 13.0 Å². The first kappa shape index (κ1) is 16.7. The summed E-state index contributed by atoms with van der Waals surface area (Å²) in [5, 5.41) is 5.52. The number of nitrogens with one attached hydrogen (secondary N) is 2. The van der Waals surface area contributed by atoms with E-state index in [1.165, 1.54) is 11.1 Å². The number of hydrogen-bond acceptors (Lipinski definition) is 3. The van der Waals surface area contributed by atoms with Crippen LogP contribution in [-0.2, 0) is 13.0 Å². The van der Waals surface area contributed by atoms with Crippen molar-refractivity contribution in [3.63, 3.8) is 0 Å². The van der Waals surface area contributed by atoms with Gasteiger partial charge in [0.05, 0.1) is 0 Å². The van der Waals surface area contributed by atoms with Gasteiger partial charge in [-0.05, 0) is 60.7 Å². The summed E-state index contributed by atoms with van der Waals surface area (Å²) < 4.78 is 0. The van der Waals surface area contributed by atoms with Gasteiger partial charge in [-0.2, -0.15) is 0 Å². The van der Waals surface area contributed by atoms with Crippen molar-refractivity contribution in [2.75, 3.05) is 6.54 Å². The van der Waals surface area contributed by atoms with Gasteiger partial charge in [0.1, 0.15) is 0 Å². The molecule has 2 N–H and O–H groups in total. The molecule has 0 bridgehead atoms. The average Bonchev–Trinajstić information content (AvgIpc) is 2.53. The number of hydrogen-bond donors (Lipinski definition) is 2. The van der Waals surface area contributed by atoms with Crippen molar-refractivity contribution in [2.45, 2.75) is 40.2 Å². The molecule has 2 aromatic heterocycles. The van der Waals surface area contributed by atoms with E-state index in [4.69, 9.17) is 0 Å². The molecule has 1 aliphatic carbocycles. The van der Waals surface area contributed by atoms with Crippen LogP contribution in [-0.4, -0.2) is 16.5 Å². The topological polar surface area (TPSA) is 57.8 Å². The van der Waals surface area contributed by atoms with Gasteiger partial charge in [-0.15, -0.1) is 0 Å². The normalized spacial score (nSPS) is 16.6. The molecule has 0 radical (unpaired) electrons. The van der Waals surface area contributed by atoms with Gasteiger partial charge >= 0.3 is 0 Å². The molecular formula is C20H25N3O. The average molecular weight is 323 g/mol. The molecule has 4 nitrogen and oxygen atoms in total. The maximum absolute atomic E-state index is 12.3. The molecule has 126 valence electrons. The van der Waals surface area contributed by atoms with Crippen LogP contribution in [0, 0.1) is 12.8 Å². The molecule has 2 heterocycles. The fourth-order valence-electron chi connectivity index (χ4n) is 3.33. The lowest BCUT2D eigenvalue weighted by Gasteiger charge is -2.13. The first-order chi connectivity index (χ1) is 11.5. The number of aromatic nitrogens is 2. The van der Waals surface area contributed by atoms with E-state index in [1.54, 1.807) is 0 Å². The highest BCUT2D eigenvalue weighted by atomic mass is 16.1. The number of aromatic amines is 1. The lowest BCUT2D eigenvalue weighted by Crippen LogP contribution is -2.41. The second kappa shape index (κ2) is 7.14. The monoisotopic (exact) mass is 323 g/mol. The van der Waals surface area contributed by atoms with E-state index in [1.807, 2.05) is 18.3 Å². The van der Waals surface area contributed by atoms with Crippen LogP contribution in [0.5, 0.6) is 0 Å². The summed E-state index contributed by atoms with van der Waals surface area (Å²) in [5.41, 5.74) is 4.38. The predicted molar refractivity (Wildman–Crippen MR) is 98.0 cm³/mol. The Kier molecular flexibility index (Phi) is 4.95. The number of aryl methyl sites for hydroxylation is 1. The van der Waals surface area contributed by atoms with Crippen LogP contribution in [0.4, 0.5) is 0 Å². The van der Waals surface area contributed by atoms with E-state index >= 15 is 0 Å². The molecule has 0 aromatic carbocycles. The Hall–Kier alpha value is -2.20. The van der Waals surface area contributed by atoms with E-state index in [-0.39, 0.29) is 5.56 Å². The van der Waals surface area contributed by atoms with E-state index in [0.29, 0.717) is 12.5 Å². The van der Waals surface area contributed by atoms with Crippen LogP contribution in [0.25, 0.3) is 11.6 Å². The molecule has 0 fully saturated rings. The fraction of sp³-hybridized carbons (Fsp3) is 0.400. The van der Waals surface area contributed by atoms with Crippen molar-refractivity contribution >= 4 is 11.6 Å². The first-order valence-electron chi connectivity index (χ1n) is 8.59. The Morgan fingerprint density at radius 3 is 2.96 bits per heavy atom. The Labute approximate surface area is 142 Å². The third-order valence-electron chi connectivity index (χ3n) is 4.51. The number of nitrogens with zero attached hydrogens (tertiary/aromatic N) is 1. The minimum absolute atomic E-state index is 0.0113. The van der Waals surface area contributed by atoms with Gasteiger partial charge in [0, 0.05) is 42.3 Å². The van der Waals surface area contributed by atoms with Crippen LogP contribution in [0.15, 0.2) is 29.2 Å². The number of fused-ring (bicyclic) bond motifs is 1. The molecule has 0 saturated carbocycles. The summed E-state index contributed by atoms with van der Waals surface area (Å²) in [6.45, 7) is 7.77. The van der Waals surface area contributed by atoms with Crippen LogP contribution < -0.4 is 21.4 Å². The lowest BCUT2D eigenvalue weighted by molar-refractivity contribution is 0.673. The summed E-state index contributed by atoms with van der Waals surface area (Å²) in [7, 11) is 0. The van der Waals surface area contributed by atoms with Gasteiger partial charge in [-0.3, -0.25) is 9.78 Å². The molecule has 1 aliphatic rings. The molecule has 0 aliphatic heterocycles. The fourth-order valence-corrected chi connectivity index (χ4v) is 3.33. The molecular weight excluding hydrogens is 298 g/mol. The van der Waals surface area contributed by atoms with Gasteiger partial charge in [-0.25, -0.2) is 0 Å². The smallest absolute Gasteiger partial charge is 0.252 e. The van der Waals surface area contributed by atoms with Crippen molar-refractivity contribution in [2.24, 2.45) is 5.92 Å². The maximum atomic E-state index is 12.3. The predicted octanol–water partition coefficient (Wildman–Crippen LogP) is 1.40. The van der Waals surface area contributed by atoms with Crippen molar-refractivity contribution in [3.05, 3.63) is 62.1 Å². The summed E-state index contributed by atoms with van der Waals surface area (Å²) in [6.07, 6.45) is 5.97. The highest BCUT2D eigenvalue weighted by Gasteiger charge is 2.09. The molecule has 2 aromatic rings. The molecule has 1 atom stereocenters. The zero-order valence-corrected chi connectivity index (χ0v) is 14.6. The van der Waals surface area contributed by atoms with Crippen LogP contribution in [0.3, 0.4) is 0 Å². The largest absolute Gasteiger partial charge is 0.322 e. The van der Waals surface area contributed by atoms with Crippen LogP contribution in [0.2, 0.25) is 0 Å². The Morgan fingerprint density at radius 1 is 1.33 bits per heavy atom. The van der Waals surface area contributed by atoms with Gasteiger partial charge in [0.2, 0.25) is 0 Å². The number of pyridine rings is 2. The van der Waals surface area contributed by atoms with E-state index < -0.39 is 0 Å². The number of rotatable bonds is 5. The van der Waals surface area contributed by atoms with Gasteiger partial charge in [0.25, 0.3) is 5.56 Å². The molecule has 4 heteroatoms. The molecule has 0 spiro atoms.